The highest BCUT2D eigenvalue weighted by Crippen LogP contribution is 2.25. The van der Waals surface area contributed by atoms with Crippen LogP contribution in [0.1, 0.15) is 30.5 Å². The summed E-state index contributed by atoms with van der Waals surface area (Å²) < 4.78 is 13.5. The van der Waals surface area contributed by atoms with E-state index in [0.29, 0.717) is 12.1 Å². The van der Waals surface area contributed by atoms with E-state index >= 15 is 0 Å². The summed E-state index contributed by atoms with van der Waals surface area (Å²) in [4.78, 5) is 6.88. The number of nitriles is 1. The van der Waals surface area contributed by atoms with Gasteiger partial charge in [-0.3, -0.25) is 0 Å². The summed E-state index contributed by atoms with van der Waals surface area (Å²) in [5, 5.41) is 12.3. The number of halogens is 1. The monoisotopic (exact) mass is 258 g/mol. The van der Waals surface area contributed by atoms with E-state index in [2.05, 4.69) is 15.3 Å². The van der Waals surface area contributed by atoms with Crippen molar-refractivity contribution in [2.75, 3.05) is 6.54 Å². The van der Waals surface area contributed by atoms with Crippen molar-refractivity contribution in [3.05, 3.63) is 29.3 Å². The number of nitrogens with zero attached hydrogens (tertiary/aromatic N) is 2. The number of hydrogen-bond donors (Lipinski definition) is 2. The smallest absolute Gasteiger partial charge is 0.166 e. The van der Waals surface area contributed by atoms with Crippen LogP contribution in [0, 0.1) is 23.1 Å². The Balaban J connectivity index is 1.82. The molecule has 5 heteroatoms. The SMILES string of the molecule is N#Cc1cc(CNCC2CCC2)c2[nH]cc(F)c2n1. The average molecular weight is 258 g/mol. The van der Waals surface area contributed by atoms with Gasteiger partial charge in [0.25, 0.3) is 0 Å². The molecule has 1 fully saturated rings. The highest BCUT2D eigenvalue weighted by Gasteiger charge is 2.17. The predicted molar refractivity (Wildman–Crippen MR) is 69.8 cm³/mol. The van der Waals surface area contributed by atoms with E-state index in [1.165, 1.54) is 25.5 Å². The van der Waals surface area contributed by atoms with E-state index in [4.69, 9.17) is 5.26 Å². The lowest BCUT2D eigenvalue weighted by atomic mass is 9.85. The number of pyridine rings is 1. The average Bonchev–Trinajstić information content (AvgIpc) is 2.74. The molecule has 0 spiro atoms. The van der Waals surface area contributed by atoms with E-state index in [-0.39, 0.29) is 11.2 Å². The molecule has 0 saturated heterocycles. The normalized spacial score (nSPS) is 15.4. The molecule has 2 N–H and O–H groups in total. The molecule has 0 bridgehead atoms. The standard InChI is InChI=1S/C14H15FN4/c15-12-8-18-13-10(4-11(5-16)19-14(12)13)7-17-6-9-2-1-3-9/h4,8-9,17-18H,1-3,6-7H2. The minimum Gasteiger partial charge on any atom is -0.357 e. The van der Waals surface area contributed by atoms with Gasteiger partial charge in [-0.05, 0) is 36.9 Å². The molecule has 2 heterocycles. The fourth-order valence-electron chi connectivity index (χ4n) is 2.44. The van der Waals surface area contributed by atoms with Crippen molar-refractivity contribution >= 4 is 11.0 Å². The molecule has 0 atom stereocenters. The van der Waals surface area contributed by atoms with Crippen molar-refractivity contribution in [1.82, 2.24) is 15.3 Å². The lowest BCUT2D eigenvalue weighted by molar-refractivity contribution is 0.301. The van der Waals surface area contributed by atoms with Gasteiger partial charge in [0.05, 0.1) is 5.52 Å². The zero-order chi connectivity index (χ0) is 13.2. The van der Waals surface area contributed by atoms with Gasteiger partial charge >= 0.3 is 0 Å². The number of nitrogens with one attached hydrogen (secondary N) is 2. The third kappa shape index (κ3) is 2.32. The minimum absolute atomic E-state index is 0.250. The van der Waals surface area contributed by atoms with E-state index in [1.807, 2.05) is 6.07 Å². The van der Waals surface area contributed by atoms with E-state index in [0.717, 1.165) is 18.0 Å². The van der Waals surface area contributed by atoms with Crippen molar-refractivity contribution in [3.63, 3.8) is 0 Å². The molecule has 19 heavy (non-hydrogen) atoms. The van der Waals surface area contributed by atoms with Gasteiger partial charge in [-0.25, -0.2) is 9.37 Å². The largest absolute Gasteiger partial charge is 0.357 e. The summed E-state index contributed by atoms with van der Waals surface area (Å²) in [6.07, 6.45) is 5.19. The summed E-state index contributed by atoms with van der Waals surface area (Å²) in [5.41, 5.74) is 2.08. The molecule has 0 aliphatic heterocycles. The quantitative estimate of drug-likeness (QED) is 0.885. The third-order valence-electron chi connectivity index (χ3n) is 3.76. The lowest BCUT2D eigenvalue weighted by Crippen LogP contribution is -2.27. The maximum Gasteiger partial charge on any atom is 0.166 e. The van der Waals surface area contributed by atoms with Crippen LogP contribution in [-0.4, -0.2) is 16.5 Å². The molecule has 1 saturated carbocycles. The first kappa shape index (κ1) is 12.1. The Bertz CT molecular complexity index is 637. The molecule has 2 aromatic rings. The number of aromatic nitrogens is 2. The summed E-state index contributed by atoms with van der Waals surface area (Å²) in [7, 11) is 0. The molecule has 0 radical (unpaired) electrons. The van der Waals surface area contributed by atoms with Crippen LogP contribution < -0.4 is 5.32 Å². The first-order valence-corrected chi connectivity index (χ1v) is 6.55. The Morgan fingerprint density at radius 1 is 1.53 bits per heavy atom. The van der Waals surface area contributed by atoms with Crippen LogP contribution in [0.25, 0.3) is 11.0 Å². The van der Waals surface area contributed by atoms with E-state index < -0.39 is 5.82 Å². The Morgan fingerprint density at radius 3 is 3.05 bits per heavy atom. The Kier molecular flexibility index (Phi) is 3.18. The highest BCUT2D eigenvalue weighted by molar-refractivity contribution is 5.80. The maximum absolute atomic E-state index is 13.5. The van der Waals surface area contributed by atoms with Crippen LogP contribution >= 0.6 is 0 Å². The van der Waals surface area contributed by atoms with Gasteiger partial charge < -0.3 is 10.3 Å². The van der Waals surface area contributed by atoms with Crippen LogP contribution in [0.2, 0.25) is 0 Å². The van der Waals surface area contributed by atoms with Crippen molar-refractivity contribution in [2.24, 2.45) is 5.92 Å². The van der Waals surface area contributed by atoms with Gasteiger partial charge in [0.15, 0.2) is 5.82 Å². The van der Waals surface area contributed by atoms with Gasteiger partial charge in [-0.2, -0.15) is 5.26 Å². The Morgan fingerprint density at radius 2 is 2.37 bits per heavy atom. The highest BCUT2D eigenvalue weighted by atomic mass is 19.1. The topological polar surface area (TPSA) is 64.5 Å². The van der Waals surface area contributed by atoms with Crippen LogP contribution in [-0.2, 0) is 6.54 Å². The van der Waals surface area contributed by atoms with Crippen LogP contribution in [0.3, 0.4) is 0 Å². The minimum atomic E-state index is -0.410. The summed E-state index contributed by atoms with van der Waals surface area (Å²) in [6.45, 7) is 1.61. The molecule has 2 aromatic heterocycles. The number of hydrogen-bond acceptors (Lipinski definition) is 3. The number of fused-ring (bicyclic) bond motifs is 1. The second-order valence-corrected chi connectivity index (χ2v) is 5.07. The molecule has 1 aliphatic rings. The van der Waals surface area contributed by atoms with Gasteiger partial charge in [-0.15, -0.1) is 0 Å². The van der Waals surface area contributed by atoms with E-state index in [9.17, 15) is 4.39 Å². The molecular formula is C14H15FN4. The van der Waals surface area contributed by atoms with E-state index in [1.54, 1.807) is 6.07 Å². The summed E-state index contributed by atoms with van der Waals surface area (Å²) in [6, 6.07) is 3.69. The zero-order valence-electron chi connectivity index (χ0n) is 10.5. The second kappa shape index (κ2) is 4.98. The number of rotatable bonds is 4. The summed E-state index contributed by atoms with van der Waals surface area (Å²) in [5.74, 6) is 0.362. The molecule has 0 amide bonds. The second-order valence-electron chi connectivity index (χ2n) is 5.07. The predicted octanol–water partition coefficient (Wildman–Crippen LogP) is 2.46. The fourth-order valence-corrected chi connectivity index (χ4v) is 2.44. The first-order chi connectivity index (χ1) is 9.28. The lowest BCUT2D eigenvalue weighted by Gasteiger charge is -2.25. The molecule has 0 aromatic carbocycles. The zero-order valence-corrected chi connectivity index (χ0v) is 10.5. The van der Waals surface area contributed by atoms with Gasteiger partial charge in [0, 0.05) is 12.7 Å². The first-order valence-electron chi connectivity index (χ1n) is 6.55. The molecule has 4 nitrogen and oxygen atoms in total. The van der Waals surface area contributed by atoms with Gasteiger partial charge in [-0.1, -0.05) is 6.42 Å². The number of aromatic amines is 1. The molecule has 1 aliphatic carbocycles. The van der Waals surface area contributed by atoms with Crippen molar-refractivity contribution in [1.29, 1.82) is 5.26 Å². The van der Waals surface area contributed by atoms with Crippen molar-refractivity contribution in [3.8, 4) is 6.07 Å². The third-order valence-corrected chi connectivity index (χ3v) is 3.76. The van der Waals surface area contributed by atoms with Crippen LogP contribution in [0.4, 0.5) is 4.39 Å². The maximum atomic E-state index is 13.5. The number of H-pyrrole nitrogens is 1. The van der Waals surface area contributed by atoms with Crippen LogP contribution in [0.15, 0.2) is 12.3 Å². The van der Waals surface area contributed by atoms with Crippen molar-refractivity contribution < 1.29 is 4.39 Å². The van der Waals surface area contributed by atoms with Gasteiger partial charge in [0.1, 0.15) is 17.3 Å². The summed E-state index contributed by atoms with van der Waals surface area (Å²) >= 11 is 0. The van der Waals surface area contributed by atoms with Crippen molar-refractivity contribution in [2.45, 2.75) is 25.8 Å². The molecule has 98 valence electrons. The Labute approximate surface area is 110 Å². The Hall–Kier alpha value is -1.93. The molecule has 3 rings (SSSR count). The van der Waals surface area contributed by atoms with Crippen LogP contribution in [0.5, 0.6) is 0 Å². The fraction of sp³-hybridized carbons (Fsp3) is 0.429. The molecular weight excluding hydrogens is 243 g/mol. The van der Waals surface area contributed by atoms with Gasteiger partial charge in [0.2, 0.25) is 0 Å². The molecule has 0 unspecified atom stereocenters.